The van der Waals surface area contributed by atoms with E-state index >= 15 is 0 Å². The summed E-state index contributed by atoms with van der Waals surface area (Å²) in [6, 6.07) is 6.69. The minimum Gasteiger partial charge on any atom is -0.486 e. The van der Waals surface area contributed by atoms with Crippen LogP contribution in [0.4, 0.5) is 5.13 Å². The van der Waals surface area contributed by atoms with Crippen molar-refractivity contribution in [3.63, 3.8) is 0 Å². The van der Waals surface area contributed by atoms with Gasteiger partial charge < -0.3 is 14.4 Å². The summed E-state index contributed by atoms with van der Waals surface area (Å²) < 4.78 is 11.9. The van der Waals surface area contributed by atoms with Gasteiger partial charge in [-0.25, -0.2) is 4.98 Å². The number of nitrogens with one attached hydrogen (secondary N) is 2. The van der Waals surface area contributed by atoms with E-state index in [1.54, 1.807) is 35.6 Å². The molecule has 8 nitrogen and oxygen atoms in total. The van der Waals surface area contributed by atoms with Gasteiger partial charge in [0.05, 0.1) is 9.58 Å². The van der Waals surface area contributed by atoms with Crippen LogP contribution in [0.25, 0.3) is 9.53 Å². The molecule has 0 bridgehead atoms. The summed E-state index contributed by atoms with van der Waals surface area (Å²) >= 11 is 2.86. The summed E-state index contributed by atoms with van der Waals surface area (Å²) in [5, 5.41) is 0.954. The van der Waals surface area contributed by atoms with Crippen molar-refractivity contribution >= 4 is 49.1 Å². The summed E-state index contributed by atoms with van der Waals surface area (Å²) in [5.41, 5.74) is 5.26. The van der Waals surface area contributed by atoms with Crippen LogP contribution < -0.4 is 25.2 Å². The molecule has 29 heavy (non-hydrogen) atoms. The first kappa shape index (κ1) is 19.5. The average Bonchev–Trinajstić information content (AvgIpc) is 3.32. The minimum atomic E-state index is -0.435. The average molecular weight is 433 g/mol. The number of nitrogens with zero attached hydrogens (tertiary/aromatic N) is 2. The first-order valence-electron chi connectivity index (χ1n) is 9.24. The molecular weight excluding hydrogens is 412 g/mol. The molecule has 2 amide bonds. The highest BCUT2D eigenvalue weighted by atomic mass is 32.1. The topological polar surface area (TPSA) is 92.8 Å². The fraction of sp³-hybridized carbons (Fsp3) is 0.316. The number of ether oxygens (including phenoxy) is 2. The maximum atomic E-state index is 12.4. The summed E-state index contributed by atoms with van der Waals surface area (Å²) in [6.07, 6.45) is 0. The van der Waals surface area contributed by atoms with Gasteiger partial charge in [0.15, 0.2) is 16.6 Å². The third-order valence-electron chi connectivity index (χ3n) is 4.43. The Morgan fingerprint density at radius 1 is 1.03 bits per heavy atom. The third-order valence-corrected chi connectivity index (χ3v) is 6.65. The molecule has 10 heteroatoms. The maximum absolute atomic E-state index is 12.4. The molecule has 152 valence electrons. The molecule has 0 aliphatic carbocycles. The van der Waals surface area contributed by atoms with Crippen molar-refractivity contribution in [2.24, 2.45) is 0 Å². The van der Waals surface area contributed by atoms with Gasteiger partial charge in [0.25, 0.3) is 11.8 Å². The number of thiophene rings is 1. The number of thiazole rings is 1. The third kappa shape index (κ3) is 3.99. The van der Waals surface area contributed by atoms with E-state index in [0.717, 1.165) is 27.8 Å². The van der Waals surface area contributed by atoms with Gasteiger partial charge in [0, 0.05) is 18.7 Å². The first-order chi connectivity index (χ1) is 14.1. The number of hydrazine groups is 1. The van der Waals surface area contributed by atoms with Gasteiger partial charge in [-0.3, -0.25) is 20.4 Å². The first-order valence-corrected chi connectivity index (χ1v) is 10.9. The number of carbonyl (C=O) groups is 2. The smallest absolute Gasteiger partial charge is 0.279 e. The SMILES string of the molecule is CCN(CC)c1nc2sc(C(=O)NNC(=O)c3ccc4c(c3)OCCO4)cc2s1. The Morgan fingerprint density at radius 2 is 1.76 bits per heavy atom. The van der Waals surface area contributed by atoms with E-state index in [1.807, 2.05) is 0 Å². The number of rotatable bonds is 5. The molecule has 2 aromatic heterocycles. The minimum absolute atomic E-state index is 0.368. The summed E-state index contributed by atoms with van der Waals surface area (Å²) in [6.45, 7) is 6.87. The number of carbonyl (C=O) groups excluding carboxylic acids is 2. The Kier molecular flexibility index (Phi) is 5.54. The lowest BCUT2D eigenvalue weighted by atomic mass is 10.2. The molecule has 0 atom stereocenters. The summed E-state index contributed by atoms with van der Waals surface area (Å²) in [5.74, 6) is 0.307. The molecule has 0 saturated heterocycles. The van der Waals surface area contributed by atoms with Crippen molar-refractivity contribution in [3.8, 4) is 11.5 Å². The largest absolute Gasteiger partial charge is 0.486 e. The molecule has 4 rings (SSSR count). The van der Waals surface area contributed by atoms with Crippen LogP contribution in [-0.4, -0.2) is 43.1 Å². The molecule has 0 unspecified atom stereocenters. The zero-order valence-corrected chi connectivity index (χ0v) is 17.6. The normalized spacial score (nSPS) is 12.6. The van der Waals surface area contributed by atoms with Crippen LogP contribution in [0.15, 0.2) is 24.3 Å². The lowest BCUT2D eigenvalue weighted by molar-refractivity contribution is 0.0848. The van der Waals surface area contributed by atoms with Gasteiger partial charge in [-0.1, -0.05) is 11.3 Å². The molecule has 3 aromatic rings. The Morgan fingerprint density at radius 3 is 2.48 bits per heavy atom. The second-order valence-electron chi connectivity index (χ2n) is 6.22. The lowest BCUT2D eigenvalue weighted by Crippen LogP contribution is -2.41. The van der Waals surface area contributed by atoms with Crippen LogP contribution in [-0.2, 0) is 0 Å². The Balaban J connectivity index is 1.40. The number of amides is 2. The Hall–Kier alpha value is -2.85. The fourth-order valence-electron chi connectivity index (χ4n) is 2.90. The van der Waals surface area contributed by atoms with Gasteiger partial charge in [-0.15, -0.1) is 11.3 Å². The Labute approximate surface area is 175 Å². The van der Waals surface area contributed by atoms with Gasteiger partial charge in [-0.05, 0) is 38.1 Å². The van der Waals surface area contributed by atoms with Crippen LogP contribution in [0.1, 0.15) is 33.9 Å². The van der Waals surface area contributed by atoms with E-state index in [9.17, 15) is 9.59 Å². The van der Waals surface area contributed by atoms with Crippen LogP contribution in [0.3, 0.4) is 0 Å². The highest BCUT2D eigenvalue weighted by Crippen LogP contribution is 2.34. The molecule has 0 spiro atoms. The van der Waals surface area contributed by atoms with Crippen LogP contribution in [0, 0.1) is 0 Å². The van der Waals surface area contributed by atoms with E-state index in [-0.39, 0.29) is 5.91 Å². The maximum Gasteiger partial charge on any atom is 0.279 e. The summed E-state index contributed by atoms with van der Waals surface area (Å²) in [7, 11) is 0. The number of hydrogen-bond donors (Lipinski definition) is 2. The molecule has 0 fully saturated rings. The molecule has 1 aliphatic rings. The number of aromatic nitrogens is 1. The standard InChI is InChI=1S/C19H20N4O4S2/c1-3-23(4-2)19-20-18-15(29-19)10-14(28-18)17(25)22-21-16(24)11-5-6-12-13(9-11)27-8-7-26-12/h5-6,9-10H,3-4,7-8H2,1-2H3,(H,21,24)(H,22,25). The van der Waals surface area contributed by atoms with Crippen LogP contribution >= 0.6 is 22.7 Å². The number of hydrogen-bond acceptors (Lipinski definition) is 8. The number of anilines is 1. The highest BCUT2D eigenvalue weighted by molar-refractivity contribution is 7.29. The van der Waals surface area contributed by atoms with Crippen molar-refractivity contribution < 1.29 is 19.1 Å². The number of fused-ring (bicyclic) bond motifs is 2. The predicted molar refractivity (Wildman–Crippen MR) is 113 cm³/mol. The quantitative estimate of drug-likeness (QED) is 0.602. The Bertz CT molecular complexity index is 1030. The molecule has 0 saturated carbocycles. The highest BCUT2D eigenvalue weighted by Gasteiger charge is 2.18. The molecule has 2 N–H and O–H groups in total. The van der Waals surface area contributed by atoms with Crippen molar-refractivity contribution in [1.29, 1.82) is 0 Å². The van der Waals surface area contributed by atoms with Crippen molar-refractivity contribution in [1.82, 2.24) is 15.8 Å². The van der Waals surface area contributed by atoms with Crippen LogP contribution in [0.5, 0.6) is 11.5 Å². The molecule has 1 aromatic carbocycles. The van der Waals surface area contributed by atoms with E-state index in [2.05, 4.69) is 34.6 Å². The van der Waals surface area contributed by atoms with E-state index in [1.165, 1.54) is 11.3 Å². The van der Waals surface area contributed by atoms with Crippen molar-refractivity contribution in [2.75, 3.05) is 31.2 Å². The lowest BCUT2D eigenvalue weighted by Gasteiger charge is -2.18. The van der Waals surface area contributed by atoms with Crippen LogP contribution in [0.2, 0.25) is 0 Å². The zero-order chi connectivity index (χ0) is 20.4. The molecular formula is C19H20N4O4S2. The summed E-state index contributed by atoms with van der Waals surface area (Å²) in [4.78, 5) is 32.9. The second-order valence-corrected chi connectivity index (χ2v) is 8.26. The van der Waals surface area contributed by atoms with Gasteiger partial charge in [0.2, 0.25) is 0 Å². The van der Waals surface area contributed by atoms with E-state index in [4.69, 9.17) is 9.47 Å². The van der Waals surface area contributed by atoms with Crippen molar-refractivity contribution in [2.45, 2.75) is 13.8 Å². The zero-order valence-electron chi connectivity index (χ0n) is 16.0. The van der Waals surface area contributed by atoms with E-state index in [0.29, 0.717) is 35.2 Å². The number of benzene rings is 1. The van der Waals surface area contributed by atoms with Gasteiger partial charge in [-0.2, -0.15) is 0 Å². The van der Waals surface area contributed by atoms with E-state index < -0.39 is 5.91 Å². The predicted octanol–water partition coefficient (Wildman–Crippen LogP) is 3.05. The van der Waals surface area contributed by atoms with Gasteiger partial charge >= 0.3 is 0 Å². The molecule has 1 aliphatic heterocycles. The van der Waals surface area contributed by atoms with Crippen molar-refractivity contribution in [3.05, 3.63) is 34.7 Å². The second kappa shape index (κ2) is 8.26. The fourth-order valence-corrected chi connectivity index (χ4v) is 5.13. The van der Waals surface area contributed by atoms with Gasteiger partial charge in [0.1, 0.15) is 18.0 Å². The molecule has 3 heterocycles. The monoisotopic (exact) mass is 432 g/mol. The molecule has 0 radical (unpaired) electrons.